The fourth-order valence-electron chi connectivity index (χ4n) is 3.57. The average molecular weight is 355 g/mol. The molecule has 0 spiro atoms. The Bertz CT molecular complexity index is 826. The quantitative estimate of drug-likeness (QED) is 0.726. The maximum absolute atomic E-state index is 12.4. The van der Waals surface area contributed by atoms with Crippen LogP contribution in [0.2, 0.25) is 0 Å². The summed E-state index contributed by atoms with van der Waals surface area (Å²) >= 11 is 0. The van der Waals surface area contributed by atoms with E-state index in [1.807, 2.05) is 6.07 Å². The first-order chi connectivity index (χ1) is 12.5. The Morgan fingerprint density at radius 3 is 2.77 bits per heavy atom. The molecule has 2 aromatic rings. The topological polar surface area (TPSA) is 114 Å². The first-order valence-electron chi connectivity index (χ1n) is 9.04. The van der Waals surface area contributed by atoms with Crippen LogP contribution in [0.4, 0.5) is 0 Å². The van der Waals surface area contributed by atoms with Gasteiger partial charge in [-0.05, 0) is 38.3 Å². The number of H-pyrrole nitrogens is 1. The summed E-state index contributed by atoms with van der Waals surface area (Å²) in [6, 6.07) is 3.63. The number of hydrogen-bond donors (Lipinski definition) is 3. The van der Waals surface area contributed by atoms with Gasteiger partial charge in [0.1, 0.15) is 5.82 Å². The van der Waals surface area contributed by atoms with Gasteiger partial charge in [0.15, 0.2) is 0 Å². The summed E-state index contributed by atoms with van der Waals surface area (Å²) in [5, 5.41) is 3.08. The van der Waals surface area contributed by atoms with Gasteiger partial charge in [-0.2, -0.15) is 0 Å². The highest BCUT2D eigenvalue weighted by molar-refractivity contribution is 5.77. The van der Waals surface area contributed by atoms with Crippen LogP contribution in [0.5, 0.6) is 0 Å². The predicted octanol–water partition coefficient (Wildman–Crippen LogP) is 1.46. The van der Waals surface area contributed by atoms with E-state index in [1.165, 1.54) is 0 Å². The summed E-state index contributed by atoms with van der Waals surface area (Å²) in [6.07, 6.45) is 7.96. The Balaban J connectivity index is 1.68. The Morgan fingerprint density at radius 2 is 2.15 bits per heavy atom. The Hall–Kier alpha value is -2.54. The van der Waals surface area contributed by atoms with E-state index in [4.69, 9.17) is 5.73 Å². The number of nitrogens with one attached hydrogen (secondary N) is 2. The van der Waals surface area contributed by atoms with Crippen LogP contribution >= 0.6 is 0 Å². The van der Waals surface area contributed by atoms with Crippen molar-refractivity contribution in [3.63, 3.8) is 0 Å². The molecule has 1 saturated carbocycles. The second kappa shape index (κ2) is 7.78. The molecule has 2 aromatic heterocycles. The number of amides is 1. The largest absolute Gasteiger partial charge is 0.349 e. The van der Waals surface area contributed by atoms with E-state index in [2.05, 4.69) is 20.3 Å². The van der Waals surface area contributed by atoms with Crippen molar-refractivity contribution in [2.45, 2.75) is 51.0 Å². The summed E-state index contributed by atoms with van der Waals surface area (Å²) in [5.74, 6) is 0.425. The molecule has 7 nitrogen and oxygen atoms in total. The number of carbonyl (C=O) groups is 1. The second-order valence-corrected chi connectivity index (χ2v) is 6.96. The van der Waals surface area contributed by atoms with Crippen LogP contribution in [-0.4, -0.2) is 32.9 Å². The summed E-state index contributed by atoms with van der Waals surface area (Å²) in [6.45, 7) is 2.25. The molecule has 0 unspecified atom stereocenters. The molecule has 1 amide bonds. The van der Waals surface area contributed by atoms with Crippen molar-refractivity contribution in [1.29, 1.82) is 0 Å². The molecule has 0 bridgehead atoms. The molecule has 3 rings (SSSR count). The van der Waals surface area contributed by atoms with Gasteiger partial charge in [0.25, 0.3) is 5.56 Å². The van der Waals surface area contributed by atoms with Crippen molar-refractivity contribution in [2.24, 2.45) is 5.73 Å². The molecule has 2 heterocycles. The Labute approximate surface area is 152 Å². The number of nitrogens with zero attached hydrogens (tertiary/aromatic N) is 2. The molecule has 0 aliphatic heterocycles. The highest BCUT2D eigenvalue weighted by atomic mass is 16.1. The third kappa shape index (κ3) is 3.99. The number of nitrogens with two attached hydrogens (primary N) is 1. The summed E-state index contributed by atoms with van der Waals surface area (Å²) in [5.41, 5.74) is 7.32. The summed E-state index contributed by atoms with van der Waals surface area (Å²) in [7, 11) is 0. The standard InChI is InChI=1S/C19H25N5O2/c1-13-15(6-7-16(25)24-19(12-20)8-2-3-9-19)18(26)23-17(22-13)14-5-4-10-21-11-14/h4-5,10-11H,2-3,6-9,12,20H2,1H3,(H,24,25)(H,22,23,26). The van der Waals surface area contributed by atoms with E-state index in [0.717, 1.165) is 31.2 Å². The van der Waals surface area contributed by atoms with Gasteiger partial charge in [0, 0.05) is 42.2 Å². The van der Waals surface area contributed by atoms with Crippen LogP contribution in [0.3, 0.4) is 0 Å². The Kier molecular flexibility index (Phi) is 5.46. The molecule has 0 saturated heterocycles. The van der Waals surface area contributed by atoms with Crippen LogP contribution in [0, 0.1) is 6.92 Å². The Morgan fingerprint density at radius 1 is 1.38 bits per heavy atom. The van der Waals surface area contributed by atoms with Gasteiger partial charge in [-0.3, -0.25) is 14.6 Å². The molecule has 0 radical (unpaired) electrons. The number of aromatic nitrogens is 3. The number of aromatic amines is 1. The van der Waals surface area contributed by atoms with Crippen molar-refractivity contribution < 1.29 is 4.79 Å². The molecule has 1 aliphatic carbocycles. The van der Waals surface area contributed by atoms with E-state index in [-0.39, 0.29) is 23.4 Å². The predicted molar refractivity (Wildman–Crippen MR) is 99.5 cm³/mol. The minimum atomic E-state index is -0.263. The van der Waals surface area contributed by atoms with Gasteiger partial charge in [-0.15, -0.1) is 0 Å². The molecule has 138 valence electrons. The molecule has 1 aliphatic rings. The van der Waals surface area contributed by atoms with Crippen LogP contribution < -0.4 is 16.6 Å². The fourth-order valence-corrected chi connectivity index (χ4v) is 3.57. The van der Waals surface area contributed by atoms with Gasteiger partial charge < -0.3 is 16.0 Å². The number of hydrogen-bond acceptors (Lipinski definition) is 5. The van der Waals surface area contributed by atoms with E-state index in [1.54, 1.807) is 25.4 Å². The molecule has 4 N–H and O–H groups in total. The average Bonchev–Trinajstić information content (AvgIpc) is 3.10. The smallest absolute Gasteiger partial charge is 0.254 e. The zero-order valence-corrected chi connectivity index (χ0v) is 15.0. The molecule has 7 heteroatoms. The van der Waals surface area contributed by atoms with Crippen LogP contribution in [0.1, 0.15) is 43.4 Å². The van der Waals surface area contributed by atoms with Crippen molar-refractivity contribution >= 4 is 5.91 Å². The minimum absolute atomic E-state index is 0.0625. The maximum Gasteiger partial charge on any atom is 0.254 e. The number of rotatable bonds is 6. The maximum atomic E-state index is 12.4. The zero-order chi connectivity index (χ0) is 18.6. The summed E-state index contributed by atoms with van der Waals surface area (Å²) < 4.78 is 0. The zero-order valence-electron chi connectivity index (χ0n) is 15.0. The lowest BCUT2D eigenvalue weighted by Crippen LogP contribution is -2.51. The van der Waals surface area contributed by atoms with Crippen molar-refractivity contribution in [1.82, 2.24) is 20.3 Å². The van der Waals surface area contributed by atoms with Gasteiger partial charge in [0.05, 0.1) is 5.54 Å². The van der Waals surface area contributed by atoms with Crippen LogP contribution in [-0.2, 0) is 11.2 Å². The van der Waals surface area contributed by atoms with Crippen LogP contribution in [0.15, 0.2) is 29.3 Å². The number of aryl methyl sites for hydroxylation is 1. The van der Waals surface area contributed by atoms with Crippen molar-refractivity contribution in [3.05, 3.63) is 46.1 Å². The molecular formula is C19H25N5O2. The normalized spacial score (nSPS) is 15.8. The third-order valence-electron chi connectivity index (χ3n) is 5.12. The molecule has 0 aromatic carbocycles. The lowest BCUT2D eigenvalue weighted by molar-refractivity contribution is -0.122. The fraction of sp³-hybridized carbons (Fsp3) is 0.474. The van der Waals surface area contributed by atoms with Crippen molar-refractivity contribution in [3.8, 4) is 11.4 Å². The molecule has 0 atom stereocenters. The van der Waals surface area contributed by atoms with E-state index >= 15 is 0 Å². The van der Waals surface area contributed by atoms with E-state index < -0.39 is 0 Å². The molecule has 1 fully saturated rings. The van der Waals surface area contributed by atoms with Gasteiger partial charge in [-0.1, -0.05) is 12.8 Å². The number of pyridine rings is 1. The number of carbonyl (C=O) groups excluding carboxylic acids is 1. The van der Waals surface area contributed by atoms with Gasteiger partial charge in [0.2, 0.25) is 5.91 Å². The minimum Gasteiger partial charge on any atom is -0.349 e. The lowest BCUT2D eigenvalue weighted by Gasteiger charge is -2.28. The van der Waals surface area contributed by atoms with Crippen molar-refractivity contribution in [2.75, 3.05) is 6.54 Å². The van der Waals surface area contributed by atoms with Gasteiger partial charge >= 0.3 is 0 Å². The molecule has 26 heavy (non-hydrogen) atoms. The second-order valence-electron chi connectivity index (χ2n) is 6.96. The molecular weight excluding hydrogens is 330 g/mol. The third-order valence-corrected chi connectivity index (χ3v) is 5.12. The highest BCUT2D eigenvalue weighted by Gasteiger charge is 2.33. The SMILES string of the molecule is Cc1nc(-c2cccnc2)[nH]c(=O)c1CCC(=O)NC1(CN)CCCC1. The lowest BCUT2D eigenvalue weighted by atomic mass is 9.97. The first kappa shape index (κ1) is 18.3. The van der Waals surface area contributed by atoms with E-state index in [9.17, 15) is 9.59 Å². The summed E-state index contributed by atoms with van der Waals surface area (Å²) in [4.78, 5) is 36.1. The van der Waals surface area contributed by atoms with E-state index in [0.29, 0.717) is 30.0 Å². The first-order valence-corrected chi connectivity index (χ1v) is 9.04. The van der Waals surface area contributed by atoms with Gasteiger partial charge in [-0.25, -0.2) is 4.98 Å². The highest BCUT2D eigenvalue weighted by Crippen LogP contribution is 2.28. The monoisotopic (exact) mass is 355 g/mol. The van der Waals surface area contributed by atoms with Crippen LogP contribution in [0.25, 0.3) is 11.4 Å².